The van der Waals surface area contributed by atoms with E-state index in [1.54, 1.807) is 12.3 Å². The normalized spacial score (nSPS) is 19.1. The van der Waals surface area contributed by atoms with E-state index in [0.29, 0.717) is 13.2 Å². The molecule has 0 aromatic carbocycles. The van der Waals surface area contributed by atoms with Crippen molar-refractivity contribution in [1.82, 2.24) is 9.78 Å². The molecule has 0 amide bonds. The Labute approximate surface area is 119 Å². The lowest BCUT2D eigenvalue weighted by molar-refractivity contribution is -0.0277. The van der Waals surface area contributed by atoms with E-state index in [1.165, 1.54) is 4.68 Å². The average molecular weight is 280 g/mol. The third-order valence-electron chi connectivity index (χ3n) is 3.65. The molecule has 1 aliphatic heterocycles. The average Bonchev–Trinajstić information content (AvgIpc) is 2.37. The van der Waals surface area contributed by atoms with Gasteiger partial charge in [0.2, 0.25) is 0 Å². The molecule has 0 spiro atoms. The molecule has 1 fully saturated rings. The minimum atomic E-state index is -0.472. The van der Waals surface area contributed by atoms with Gasteiger partial charge in [0.1, 0.15) is 0 Å². The van der Waals surface area contributed by atoms with Gasteiger partial charge in [-0.1, -0.05) is 0 Å². The van der Waals surface area contributed by atoms with Crippen LogP contribution in [0.2, 0.25) is 0 Å². The molecule has 1 aromatic heterocycles. The fraction of sp³-hybridized carbons (Fsp3) is 0.714. The van der Waals surface area contributed by atoms with Crippen LogP contribution in [0.15, 0.2) is 17.1 Å². The summed E-state index contributed by atoms with van der Waals surface area (Å²) in [6.45, 7) is 10.4. The molecule has 6 heteroatoms. The maximum Gasteiger partial charge on any atom is 0.269 e. The van der Waals surface area contributed by atoms with Crippen LogP contribution in [-0.2, 0) is 10.3 Å². The zero-order valence-electron chi connectivity index (χ0n) is 12.7. The summed E-state index contributed by atoms with van der Waals surface area (Å²) in [7, 11) is 0. The maximum atomic E-state index is 12.2. The molecule has 0 saturated carbocycles. The molecule has 2 heterocycles. The Bertz CT molecular complexity index is 536. The van der Waals surface area contributed by atoms with E-state index in [4.69, 9.17) is 10.5 Å². The number of nitrogens with two attached hydrogens (primary N) is 1. The topological polar surface area (TPSA) is 73.4 Å². The van der Waals surface area contributed by atoms with Gasteiger partial charge in [0.25, 0.3) is 5.56 Å². The van der Waals surface area contributed by atoms with Crippen molar-refractivity contribution >= 4 is 5.69 Å². The second kappa shape index (κ2) is 5.18. The van der Waals surface area contributed by atoms with E-state index in [0.717, 1.165) is 18.8 Å². The zero-order chi connectivity index (χ0) is 15.0. The van der Waals surface area contributed by atoms with Gasteiger partial charge >= 0.3 is 0 Å². The van der Waals surface area contributed by atoms with Gasteiger partial charge in [0.15, 0.2) is 0 Å². The van der Waals surface area contributed by atoms with Gasteiger partial charge in [-0.3, -0.25) is 4.79 Å². The molecule has 0 bridgehead atoms. The lowest BCUT2D eigenvalue weighted by Crippen LogP contribution is -2.49. The highest BCUT2D eigenvalue weighted by molar-refractivity contribution is 5.43. The van der Waals surface area contributed by atoms with E-state index in [-0.39, 0.29) is 11.2 Å². The van der Waals surface area contributed by atoms with Gasteiger partial charge in [-0.05, 0) is 27.7 Å². The van der Waals surface area contributed by atoms with E-state index in [1.807, 2.05) is 27.7 Å². The highest BCUT2D eigenvalue weighted by Crippen LogP contribution is 2.21. The SMILES string of the molecule is CC1(C)CN(c2cnn(C(C)(C)CN)c(=O)c2)CCO1. The minimum absolute atomic E-state index is 0.123. The Balaban J connectivity index is 2.28. The number of hydrogen-bond acceptors (Lipinski definition) is 5. The van der Waals surface area contributed by atoms with Gasteiger partial charge in [-0.25, -0.2) is 4.68 Å². The molecule has 112 valence electrons. The quantitative estimate of drug-likeness (QED) is 0.875. The number of aromatic nitrogens is 2. The molecule has 0 radical (unpaired) electrons. The predicted molar refractivity (Wildman–Crippen MR) is 79.1 cm³/mol. The number of ether oxygens (including phenoxy) is 1. The molecule has 6 nitrogen and oxygen atoms in total. The summed E-state index contributed by atoms with van der Waals surface area (Å²) in [5.74, 6) is 0. The van der Waals surface area contributed by atoms with Gasteiger partial charge < -0.3 is 15.4 Å². The summed E-state index contributed by atoms with van der Waals surface area (Å²) in [6, 6.07) is 1.63. The molecule has 0 unspecified atom stereocenters. The zero-order valence-corrected chi connectivity index (χ0v) is 12.7. The molecule has 1 aliphatic rings. The van der Waals surface area contributed by atoms with Crippen molar-refractivity contribution in [3.63, 3.8) is 0 Å². The molecule has 2 N–H and O–H groups in total. The first-order chi connectivity index (χ1) is 9.25. The first kappa shape index (κ1) is 15.0. The summed E-state index contributed by atoms with van der Waals surface area (Å²) >= 11 is 0. The van der Waals surface area contributed by atoms with Crippen LogP contribution in [0.25, 0.3) is 0 Å². The lowest BCUT2D eigenvalue weighted by Gasteiger charge is -2.39. The van der Waals surface area contributed by atoms with Crippen molar-refractivity contribution in [2.24, 2.45) is 5.73 Å². The summed E-state index contributed by atoms with van der Waals surface area (Å²) in [5, 5.41) is 4.29. The summed E-state index contributed by atoms with van der Waals surface area (Å²) in [5.41, 5.74) is 5.74. The van der Waals surface area contributed by atoms with Crippen LogP contribution in [-0.4, -0.2) is 41.6 Å². The number of nitrogens with zero attached hydrogens (tertiary/aromatic N) is 3. The van der Waals surface area contributed by atoms with Crippen molar-refractivity contribution in [1.29, 1.82) is 0 Å². The standard InChI is InChI=1S/C14H24N4O2/c1-13(2,9-15)18-12(19)7-11(8-16-18)17-5-6-20-14(3,4)10-17/h7-8H,5-6,9-10,15H2,1-4H3. The third-order valence-corrected chi connectivity index (χ3v) is 3.65. The predicted octanol–water partition coefficient (Wildman–Crippen LogP) is 0.552. The van der Waals surface area contributed by atoms with Crippen LogP contribution in [0.3, 0.4) is 0 Å². The van der Waals surface area contributed by atoms with Crippen LogP contribution in [0.4, 0.5) is 5.69 Å². The van der Waals surface area contributed by atoms with Crippen molar-refractivity contribution in [2.45, 2.75) is 38.8 Å². The summed E-state index contributed by atoms with van der Waals surface area (Å²) in [6.07, 6.45) is 1.74. The fourth-order valence-corrected chi connectivity index (χ4v) is 2.35. The van der Waals surface area contributed by atoms with Crippen molar-refractivity contribution in [3.8, 4) is 0 Å². The summed E-state index contributed by atoms with van der Waals surface area (Å²) < 4.78 is 7.13. The van der Waals surface area contributed by atoms with Gasteiger partial charge in [0, 0.05) is 25.7 Å². The highest BCUT2D eigenvalue weighted by atomic mass is 16.5. The Morgan fingerprint density at radius 2 is 2.20 bits per heavy atom. The van der Waals surface area contributed by atoms with Crippen LogP contribution >= 0.6 is 0 Å². The largest absolute Gasteiger partial charge is 0.372 e. The maximum absolute atomic E-state index is 12.2. The molecule has 20 heavy (non-hydrogen) atoms. The van der Waals surface area contributed by atoms with Crippen molar-refractivity contribution < 1.29 is 4.74 Å². The van der Waals surface area contributed by atoms with Crippen LogP contribution < -0.4 is 16.2 Å². The van der Waals surface area contributed by atoms with Crippen molar-refractivity contribution in [3.05, 3.63) is 22.6 Å². The second-order valence-electron chi connectivity index (χ2n) is 6.51. The highest BCUT2D eigenvalue weighted by Gasteiger charge is 2.28. The molecule has 0 aliphatic carbocycles. The molecule has 1 aromatic rings. The van der Waals surface area contributed by atoms with Gasteiger partial charge in [-0.2, -0.15) is 5.10 Å². The first-order valence-electron chi connectivity index (χ1n) is 6.94. The number of rotatable bonds is 3. The Hall–Kier alpha value is -1.40. The van der Waals surface area contributed by atoms with Crippen LogP contribution in [0.5, 0.6) is 0 Å². The van der Waals surface area contributed by atoms with E-state index >= 15 is 0 Å². The first-order valence-corrected chi connectivity index (χ1v) is 6.94. The number of morpholine rings is 1. The minimum Gasteiger partial charge on any atom is -0.372 e. The molecule has 2 rings (SSSR count). The number of anilines is 1. The van der Waals surface area contributed by atoms with E-state index in [9.17, 15) is 4.79 Å². The lowest BCUT2D eigenvalue weighted by atomic mass is 10.1. The molecular weight excluding hydrogens is 256 g/mol. The molecule has 0 atom stereocenters. The monoisotopic (exact) mass is 280 g/mol. The Morgan fingerprint density at radius 3 is 2.75 bits per heavy atom. The third kappa shape index (κ3) is 3.02. The molecular formula is C14H24N4O2. The fourth-order valence-electron chi connectivity index (χ4n) is 2.35. The van der Waals surface area contributed by atoms with Crippen molar-refractivity contribution in [2.75, 3.05) is 31.1 Å². The molecule has 1 saturated heterocycles. The van der Waals surface area contributed by atoms with Gasteiger partial charge in [0.05, 0.1) is 29.6 Å². The second-order valence-corrected chi connectivity index (χ2v) is 6.51. The van der Waals surface area contributed by atoms with Gasteiger partial charge in [-0.15, -0.1) is 0 Å². The van der Waals surface area contributed by atoms with Crippen LogP contribution in [0, 0.1) is 0 Å². The summed E-state index contributed by atoms with van der Waals surface area (Å²) in [4.78, 5) is 14.4. The van der Waals surface area contributed by atoms with E-state index < -0.39 is 5.54 Å². The van der Waals surface area contributed by atoms with E-state index in [2.05, 4.69) is 10.00 Å². The van der Waals surface area contributed by atoms with Crippen LogP contribution in [0.1, 0.15) is 27.7 Å². The smallest absolute Gasteiger partial charge is 0.269 e. The Kier molecular flexibility index (Phi) is 3.88. The number of hydrogen-bond donors (Lipinski definition) is 1. The Morgan fingerprint density at radius 1 is 1.50 bits per heavy atom.